The number of methoxy groups -OCH3 is 1. The number of rotatable bonds is 13. The molecule has 1 heterocycles. The van der Waals surface area contributed by atoms with Crippen LogP contribution in [-0.4, -0.2) is 48.8 Å². The maximum absolute atomic E-state index is 12.9. The predicted molar refractivity (Wildman–Crippen MR) is 165 cm³/mol. The van der Waals surface area contributed by atoms with Crippen molar-refractivity contribution in [3.8, 4) is 17.1 Å². The number of benzene rings is 3. The number of carbonyl (C=O) groups is 2. The van der Waals surface area contributed by atoms with E-state index >= 15 is 0 Å². The molecule has 4 aromatic rings. The third-order valence-corrected chi connectivity index (χ3v) is 7.28. The Hall–Kier alpha value is -4.83. The summed E-state index contributed by atoms with van der Waals surface area (Å²) in [6.07, 6.45) is 4.62. The van der Waals surface area contributed by atoms with E-state index in [1.807, 2.05) is 42.5 Å². The minimum absolute atomic E-state index is 0.247. The number of alkyl carbamates (subject to hydrolysis) is 1. The van der Waals surface area contributed by atoms with Crippen molar-refractivity contribution in [2.75, 3.05) is 37.4 Å². The van der Waals surface area contributed by atoms with Crippen molar-refractivity contribution in [1.82, 2.24) is 15.2 Å². The van der Waals surface area contributed by atoms with Crippen molar-refractivity contribution in [3.05, 3.63) is 96.5 Å². The van der Waals surface area contributed by atoms with E-state index in [0.29, 0.717) is 29.4 Å². The van der Waals surface area contributed by atoms with Gasteiger partial charge in [-0.05, 0) is 60.7 Å². The second-order valence-corrected chi connectivity index (χ2v) is 10.5. The van der Waals surface area contributed by atoms with E-state index in [0.717, 1.165) is 35.7 Å². The maximum Gasteiger partial charge on any atom is 0.408 e. The molecular weight excluding hydrogens is 546 g/mol. The number of urea groups is 1. The molecular formula is C33H37N5O5. The van der Waals surface area contributed by atoms with E-state index in [1.54, 1.807) is 43.6 Å². The first-order valence-corrected chi connectivity index (χ1v) is 14.5. The van der Waals surface area contributed by atoms with Crippen LogP contribution in [0.5, 0.6) is 5.75 Å². The number of nitrogens with one attached hydrogen (secondary N) is 3. The third-order valence-electron chi connectivity index (χ3n) is 7.28. The fraction of sp³-hybridized carbons (Fsp3) is 0.303. The highest BCUT2D eigenvalue weighted by atomic mass is 16.6. The van der Waals surface area contributed by atoms with Gasteiger partial charge in [-0.1, -0.05) is 49.4 Å². The van der Waals surface area contributed by atoms with E-state index in [-0.39, 0.29) is 12.6 Å². The summed E-state index contributed by atoms with van der Waals surface area (Å²) in [7, 11) is 1.55. The highest BCUT2D eigenvalue weighted by Crippen LogP contribution is 2.32. The third kappa shape index (κ3) is 8.59. The fourth-order valence-electron chi connectivity index (χ4n) is 4.83. The minimum atomic E-state index is -0.491. The standard InChI is InChI=1S/C33H37N5O5/c1-3-38(20-23-12-13-23)21-31(25-9-5-4-6-10-25)43-33(40)35-18-24-8-7-11-26(16-24)36-32(39)37-27-14-15-28(29(17-27)41-2)30-19-34-22-42-30/h4-11,14-17,19,22-23,31H,3,12-13,18,20-21H2,1-2H3,(H,35,40)(H2,36,37,39)/t31-/m1/s1. The largest absolute Gasteiger partial charge is 0.496 e. The predicted octanol–water partition coefficient (Wildman–Crippen LogP) is 6.69. The van der Waals surface area contributed by atoms with Gasteiger partial charge in [0.2, 0.25) is 0 Å². The molecule has 1 fully saturated rings. The van der Waals surface area contributed by atoms with Crippen molar-refractivity contribution < 1.29 is 23.5 Å². The van der Waals surface area contributed by atoms with Crippen LogP contribution in [-0.2, 0) is 11.3 Å². The van der Waals surface area contributed by atoms with Gasteiger partial charge in [0, 0.05) is 37.1 Å². The Balaban J connectivity index is 1.15. The summed E-state index contributed by atoms with van der Waals surface area (Å²) in [6.45, 7) is 4.96. The second-order valence-electron chi connectivity index (χ2n) is 10.5. The van der Waals surface area contributed by atoms with Gasteiger partial charge in [0.25, 0.3) is 0 Å². The van der Waals surface area contributed by atoms with Gasteiger partial charge in [-0.2, -0.15) is 0 Å². The summed E-state index contributed by atoms with van der Waals surface area (Å²) in [5.74, 6) is 1.85. The van der Waals surface area contributed by atoms with E-state index in [9.17, 15) is 9.59 Å². The minimum Gasteiger partial charge on any atom is -0.496 e. The number of ether oxygens (including phenoxy) is 2. The Morgan fingerprint density at radius 1 is 1.02 bits per heavy atom. The lowest BCUT2D eigenvalue weighted by Crippen LogP contribution is -2.34. The second kappa shape index (κ2) is 14.4. The molecule has 1 aromatic heterocycles. The first-order chi connectivity index (χ1) is 21.0. The molecule has 224 valence electrons. The van der Waals surface area contributed by atoms with Crippen LogP contribution < -0.4 is 20.7 Å². The van der Waals surface area contributed by atoms with E-state index in [2.05, 4.69) is 32.8 Å². The van der Waals surface area contributed by atoms with Crippen LogP contribution in [0.15, 0.2) is 89.8 Å². The van der Waals surface area contributed by atoms with Crippen LogP contribution in [0, 0.1) is 5.92 Å². The number of anilines is 2. The molecule has 1 aliphatic carbocycles. The number of hydrogen-bond acceptors (Lipinski definition) is 7. The van der Waals surface area contributed by atoms with Crippen LogP contribution in [0.3, 0.4) is 0 Å². The van der Waals surface area contributed by atoms with Crippen LogP contribution >= 0.6 is 0 Å². The lowest BCUT2D eigenvalue weighted by molar-refractivity contribution is 0.0690. The topological polar surface area (TPSA) is 118 Å². The maximum atomic E-state index is 12.9. The molecule has 0 radical (unpaired) electrons. The van der Waals surface area contributed by atoms with E-state index in [1.165, 1.54) is 19.2 Å². The van der Waals surface area contributed by atoms with Crippen molar-refractivity contribution >= 4 is 23.5 Å². The van der Waals surface area contributed by atoms with Gasteiger partial charge in [0.05, 0.1) is 18.9 Å². The van der Waals surface area contributed by atoms with Gasteiger partial charge in [0.15, 0.2) is 12.2 Å². The lowest BCUT2D eigenvalue weighted by atomic mass is 10.1. The van der Waals surface area contributed by atoms with Gasteiger partial charge in [0.1, 0.15) is 11.9 Å². The highest BCUT2D eigenvalue weighted by molar-refractivity contribution is 6.00. The zero-order valence-electron chi connectivity index (χ0n) is 24.4. The monoisotopic (exact) mass is 583 g/mol. The van der Waals surface area contributed by atoms with Crippen LogP contribution in [0.4, 0.5) is 21.0 Å². The molecule has 3 aromatic carbocycles. The molecule has 1 aliphatic rings. The van der Waals surface area contributed by atoms with Crippen molar-refractivity contribution in [1.29, 1.82) is 0 Å². The smallest absolute Gasteiger partial charge is 0.408 e. The summed E-state index contributed by atoms with van der Waals surface area (Å²) in [4.78, 5) is 31.9. The summed E-state index contributed by atoms with van der Waals surface area (Å²) in [5.41, 5.74) is 3.63. The Kier molecular flexibility index (Phi) is 9.91. The van der Waals surface area contributed by atoms with Gasteiger partial charge in [-0.3, -0.25) is 4.90 Å². The lowest BCUT2D eigenvalue weighted by Gasteiger charge is -2.27. The normalized spacial score (nSPS) is 13.3. The van der Waals surface area contributed by atoms with Gasteiger partial charge >= 0.3 is 12.1 Å². The molecule has 0 aliphatic heterocycles. The Morgan fingerprint density at radius 2 is 1.81 bits per heavy atom. The molecule has 0 bridgehead atoms. The number of likely N-dealkylation sites (N-methyl/N-ethyl adjacent to an activating group) is 1. The number of amides is 3. The zero-order valence-corrected chi connectivity index (χ0v) is 24.4. The van der Waals surface area contributed by atoms with Crippen LogP contribution in [0.2, 0.25) is 0 Å². The van der Waals surface area contributed by atoms with Crippen LogP contribution in [0.25, 0.3) is 11.3 Å². The molecule has 43 heavy (non-hydrogen) atoms. The number of hydrogen-bond donors (Lipinski definition) is 3. The summed E-state index contributed by atoms with van der Waals surface area (Å²) < 4.78 is 16.7. The Bertz CT molecular complexity index is 1490. The Labute approximate surface area is 251 Å². The quantitative estimate of drug-likeness (QED) is 0.160. The summed E-state index contributed by atoms with van der Waals surface area (Å²) >= 11 is 0. The molecule has 3 N–H and O–H groups in total. The molecule has 0 saturated heterocycles. The van der Waals surface area contributed by atoms with E-state index in [4.69, 9.17) is 13.9 Å². The summed E-state index contributed by atoms with van der Waals surface area (Å²) in [6, 6.07) is 21.9. The first kappa shape index (κ1) is 29.7. The van der Waals surface area contributed by atoms with Crippen molar-refractivity contribution in [2.45, 2.75) is 32.4 Å². The molecule has 0 spiro atoms. The first-order valence-electron chi connectivity index (χ1n) is 14.5. The number of oxazole rings is 1. The molecule has 5 rings (SSSR count). The van der Waals surface area contributed by atoms with Crippen LogP contribution in [0.1, 0.15) is 37.0 Å². The number of aromatic nitrogens is 1. The zero-order chi connectivity index (χ0) is 30.0. The van der Waals surface area contributed by atoms with Gasteiger partial charge in [-0.15, -0.1) is 0 Å². The molecule has 1 atom stereocenters. The SMILES string of the molecule is CCN(CC1CC1)C[C@@H](OC(=O)NCc1cccc(NC(=O)Nc2ccc(-c3cnco3)c(OC)c2)c1)c1ccccc1. The van der Waals surface area contributed by atoms with Gasteiger partial charge < -0.3 is 29.8 Å². The number of nitrogens with zero attached hydrogens (tertiary/aromatic N) is 2. The van der Waals surface area contributed by atoms with Crippen molar-refractivity contribution in [2.24, 2.45) is 5.92 Å². The molecule has 1 saturated carbocycles. The highest BCUT2D eigenvalue weighted by Gasteiger charge is 2.26. The van der Waals surface area contributed by atoms with Crippen molar-refractivity contribution in [3.63, 3.8) is 0 Å². The number of carbonyl (C=O) groups excluding carboxylic acids is 2. The molecule has 10 nitrogen and oxygen atoms in total. The summed E-state index contributed by atoms with van der Waals surface area (Å²) in [5, 5.41) is 8.50. The Morgan fingerprint density at radius 3 is 2.51 bits per heavy atom. The van der Waals surface area contributed by atoms with Gasteiger partial charge in [-0.25, -0.2) is 14.6 Å². The average molecular weight is 584 g/mol. The molecule has 10 heteroatoms. The van der Waals surface area contributed by atoms with E-state index < -0.39 is 12.1 Å². The molecule has 0 unspecified atom stereocenters. The fourth-order valence-corrected chi connectivity index (χ4v) is 4.83. The molecule has 3 amide bonds. The average Bonchev–Trinajstić information content (AvgIpc) is 3.68.